The average Bonchev–Trinajstić information content (AvgIpc) is 2.45. The molecule has 2 aliphatic rings. The van der Waals surface area contributed by atoms with Gasteiger partial charge in [0.2, 0.25) is 0 Å². The second-order valence-electron chi connectivity index (χ2n) is 4.94. The van der Waals surface area contributed by atoms with Gasteiger partial charge in [0.1, 0.15) is 0 Å². The first-order chi connectivity index (χ1) is 9.47. The van der Waals surface area contributed by atoms with Crippen molar-refractivity contribution >= 4 is 58.8 Å². The van der Waals surface area contributed by atoms with Crippen LogP contribution in [0.5, 0.6) is 0 Å². The molecule has 1 aliphatic carbocycles. The highest BCUT2D eigenvalue weighted by atomic mass is 32.2. The fraction of sp³-hybridized carbons (Fsp3) is 1.00. The third kappa shape index (κ3) is 7.53. The van der Waals surface area contributed by atoms with Crippen molar-refractivity contribution < 1.29 is 0 Å². The van der Waals surface area contributed by atoms with Gasteiger partial charge >= 0.3 is 0 Å². The van der Waals surface area contributed by atoms with E-state index in [1.165, 1.54) is 71.7 Å². The summed E-state index contributed by atoms with van der Waals surface area (Å²) in [7, 11) is 0. The Hall–Kier alpha value is 1.75. The van der Waals surface area contributed by atoms with Crippen LogP contribution < -0.4 is 0 Å². The SMILES string of the molecule is C1CCC2SCCSCCSCCSCCSC2C1. The van der Waals surface area contributed by atoms with Crippen molar-refractivity contribution in [1.29, 1.82) is 0 Å². The summed E-state index contributed by atoms with van der Waals surface area (Å²) in [5, 5.41) is 1.92. The summed E-state index contributed by atoms with van der Waals surface area (Å²) in [6.07, 6.45) is 5.92. The Labute approximate surface area is 140 Å². The summed E-state index contributed by atoms with van der Waals surface area (Å²) >= 11 is 11.1. The van der Waals surface area contributed by atoms with Gasteiger partial charge in [-0.1, -0.05) is 12.8 Å². The van der Waals surface area contributed by atoms with Gasteiger partial charge in [0, 0.05) is 56.5 Å². The molecule has 1 heterocycles. The highest BCUT2D eigenvalue weighted by Crippen LogP contribution is 2.36. The van der Waals surface area contributed by atoms with Crippen LogP contribution >= 0.6 is 58.8 Å². The normalized spacial score (nSPS) is 32.8. The van der Waals surface area contributed by atoms with Crippen LogP contribution in [0.15, 0.2) is 0 Å². The van der Waals surface area contributed by atoms with E-state index in [4.69, 9.17) is 0 Å². The molecular formula is C14H26S5. The van der Waals surface area contributed by atoms with Crippen molar-refractivity contribution in [3.63, 3.8) is 0 Å². The molecule has 1 saturated carbocycles. The van der Waals surface area contributed by atoms with Crippen LogP contribution in [0.25, 0.3) is 0 Å². The van der Waals surface area contributed by atoms with E-state index in [-0.39, 0.29) is 0 Å². The highest BCUT2D eigenvalue weighted by molar-refractivity contribution is 8.07. The summed E-state index contributed by atoms with van der Waals surface area (Å²) in [4.78, 5) is 0. The third-order valence-corrected chi connectivity index (χ3v) is 10.5. The van der Waals surface area contributed by atoms with Crippen LogP contribution in [-0.4, -0.2) is 56.5 Å². The van der Waals surface area contributed by atoms with Crippen LogP contribution in [0.2, 0.25) is 0 Å². The number of thioether (sulfide) groups is 5. The quantitative estimate of drug-likeness (QED) is 0.600. The van der Waals surface area contributed by atoms with Gasteiger partial charge in [-0.3, -0.25) is 0 Å². The molecule has 2 atom stereocenters. The van der Waals surface area contributed by atoms with E-state index < -0.39 is 0 Å². The van der Waals surface area contributed by atoms with Gasteiger partial charge in [-0.2, -0.15) is 58.8 Å². The predicted molar refractivity (Wildman–Crippen MR) is 103 cm³/mol. The van der Waals surface area contributed by atoms with E-state index in [1.54, 1.807) is 0 Å². The van der Waals surface area contributed by atoms with Gasteiger partial charge in [-0.25, -0.2) is 0 Å². The summed E-state index contributed by atoms with van der Waals surface area (Å²) in [5.41, 5.74) is 0. The summed E-state index contributed by atoms with van der Waals surface area (Å²) < 4.78 is 0. The maximum Gasteiger partial charge on any atom is 0.0166 e. The molecule has 0 aromatic rings. The van der Waals surface area contributed by atoms with E-state index in [2.05, 4.69) is 58.8 Å². The molecular weight excluding hydrogens is 328 g/mol. The molecule has 0 bridgehead atoms. The maximum absolute atomic E-state index is 2.28. The smallest absolute Gasteiger partial charge is 0.0166 e. The van der Waals surface area contributed by atoms with Crippen molar-refractivity contribution in [2.75, 3.05) is 46.0 Å². The monoisotopic (exact) mass is 354 g/mol. The fourth-order valence-electron chi connectivity index (χ4n) is 2.50. The molecule has 112 valence electrons. The highest BCUT2D eigenvalue weighted by Gasteiger charge is 2.25. The lowest BCUT2D eigenvalue weighted by Crippen LogP contribution is -2.25. The second kappa shape index (κ2) is 11.3. The van der Waals surface area contributed by atoms with Crippen LogP contribution in [0, 0.1) is 0 Å². The average molecular weight is 355 g/mol. The lowest BCUT2D eigenvalue weighted by atomic mass is 10.00. The molecule has 0 spiro atoms. The Kier molecular flexibility index (Phi) is 10.2. The van der Waals surface area contributed by atoms with E-state index in [1.807, 2.05) is 0 Å². The van der Waals surface area contributed by atoms with Gasteiger partial charge in [0.05, 0.1) is 0 Å². The minimum atomic E-state index is 0.962. The summed E-state index contributed by atoms with van der Waals surface area (Å²) in [6.45, 7) is 0. The van der Waals surface area contributed by atoms with Gasteiger partial charge < -0.3 is 0 Å². The van der Waals surface area contributed by atoms with Crippen molar-refractivity contribution in [3.8, 4) is 0 Å². The molecule has 1 saturated heterocycles. The van der Waals surface area contributed by atoms with E-state index in [0.717, 1.165) is 10.5 Å². The number of fused-ring (bicyclic) bond motifs is 1. The van der Waals surface area contributed by atoms with Crippen molar-refractivity contribution in [2.24, 2.45) is 0 Å². The van der Waals surface area contributed by atoms with Gasteiger partial charge in [-0.15, -0.1) is 0 Å². The maximum atomic E-state index is 2.28. The van der Waals surface area contributed by atoms with Crippen LogP contribution in [0.3, 0.4) is 0 Å². The van der Waals surface area contributed by atoms with Crippen LogP contribution in [-0.2, 0) is 0 Å². The number of rotatable bonds is 0. The lowest BCUT2D eigenvalue weighted by molar-refractivity contribution is 0.528. The summed E-state index contributed by atoms with van der Waals surface area (Å²) in [5.74, 6) is 10.9. The van der Waals surface area contributed by atoms with Crippen LogP contribution in [0.1, 0.15) is 25.7 Å². The second-order valence-corrected chi connectivity index (χ2v) is 11.3. The minimum Gasteiger partial charge on any atom is -0.160 e. The van der Waals surface area contributed by atoms with Crippen molar-refractivity contribution in [2.45, 2.75) is 36.2 Å². The minimum absolute atomic E-state index is 0.962. The fourth-order valence-corrected chi connectivity index (χ4v) is 9.16. The Morgan fingerprint density at radius 3 is 1.26 bits per heavy atom. The topological polar surface area (TPSA) is 0 Å². The Bertz CT molecular complexity index is 202. The van der Waals surface area contributed by atoms with Crippen molar-refractivity contribution in [3.05, 3.63) is 0 Å². The first-order valence-corrected chi connectivity index (χ1v) is 13.0. The molecule has 2 rings (SSSR count). The zero-order chi connectivity index (χ0) is 13.2. The molecule has 2 fully saturated rings. The Balaban J connectivity index is 1.74. The largest absolute Gasteiger partial charge is 0.160 e. The predicted octanol–water partition coefficient (Wildman–Crippen LogP) is 4.98. The zero-order valence-corrected chi connectivity index (χ0v) is 15.8. The third-order valence-electron chi connectivity index (χ3n) is 3.51. The summed E-state index contributed by atoms with van der Waals surface area (Å²) in [6, 6.07) is 0. The van der Waals surface area contributed by atoms with E-state index >= 15 is 0 Å². The molecule has 0 aromatic heterocycles. The molecule has 0 amide bonds. The van der Waals surface area contributed by atoms with Gasteiger partial charge in [-0.05, 0) is 12.8 Å². The first kappa shape index (κ1) is 17.1. The van der Waals surface area contributed by atoms with E-state index in [0.29, 0.717) is 0 Å². The number of hydrogen-bond donors (Lipinski definition) is 0. The Morgan fingerprint density at radius 2 is 0.842 bits per heavy atom. The van der Waals surface area contributed by atoms with Gasteiger partial charge in [0.25, 0.3) is 0 Å². The molecule has 0 radical (unpaired) electrons. The molecule has 19 heavy (non-hydrogen) atoms. The number of hydrogen-bond acceptors (Lipinski definition) is 5. The Morgan fingerprint density at radius 1 is 0.474 bits per heavy atom. The standard InChI is InChI=1S/C14H26S5/c1-2-4-14-13(3-1)18-11-9-16-7-5-15-6-8-17-10-12-19-14/h13-14H,1-12H2. The van der Waals surface area contributed by atoms with Crippen molar-refractivity contribution in [1.82, 2.24) is 0 Å². The molecule has 5 heteroatoms. The molecule has 1 aliphatic heterocycles. The van der Waals surface area contributed by atoms with Gasteiger partial charge in [0.15, 0.2) is 0 Å². The molecule has 2 unspecified atom stereocenters. The zero-order valence-electron chi connectivity index (χ0n) is 11.7. The van der Waals surface area contributed by atoms with Crippen LogP contribution in [0.4, 0.5) is 0 Å². The first-order valence-electron chi connectivity index (χ1n) is 7.43. The van der Waals surface area contributed by atoms with E-state index in [9.17, 15) is 0 Å². The lowest BCUT2D eigenvalue weighted by Gasteiger charge is -2.30. The molecule has 0 N–H and O–H groups in total. The molecule has 0 aromatic carbocycles. The molecule has 0 nitrogen and oxygen atoms in total.